The fourth-order valence-corrected chi connectivity index (χ4v) is 4.13. The maximum Gasteiger partial charge on any atom is 0.272 e. The van der Waals surface area contributed by atoms with Gasteiger partial charge in [0.2, 0.25) is 0 Å². The second-order valence-corrected chi connectivity index (χ2v) is 7.75. The van der Waals surface area contributed by atoms with E-state index in [1.165, 1.54) is 12.1 Å². The summed E-state index contributed by atoms with van der Waals surface area (Å²) in [6, 6.07) is 9.76. The highest BCUT2D eigenvalue weighted by molar-refractivity contribution is 5.95. The van der Waals surface area contributed by atoms with Crippen LogP contribution in [0.5, 0.6) is 0 Å². The van der Waals surface area contributed by atoms with Crippen molar-refractivity contribution in [3.05, 3.63) is 59.7 Å². The molecule has 0 N–H and O–H groups in total. The fourth-order valence-electron chi connectivity index (χ4n) is 4.13. The van der Waals surface area contributed by atoms with Gasteiger partial charge < -0.3 is 14.5 Å². The molecule has 0 radical (unpaired) electrons. The lowest BCUT2D eigenvalue weighted by molar-refractivity contribution is -0.140. The van der Waals surface area contributed by atoms with E-state index >= 15 is 0 Å². The van der Waals surface area contributed by atoms with Crippen molar-refractivity contribution in [3.8, 4) is 0 Å². The van der Waals surface area contributed by atoms with Gasteiger partial charge in [-0.2, -0.15) is 0 Å². The number of carbonyl (C=O) groups is 2. The third kappa shape index (κ3) is 4.00. The summed E-state index contributed by atoms with van der Waals surface area (Å²) in [6.07, 6.45) is 3.75. The Hall–Kier alpha value is -2.80. The minimum Gasteiger partial charge on any atom is -0.363 e. The first kappa shape index (κ1) is 19.5. The molecule has 7 heteroatoms. The summed E-state index contributed by atoms with van der Waals surface area (Å²) in [5.74, 6) is -0.629. The van der Waals surface area contributed by atoms with Gasteiger partial charge in [0.25, 0.3) is 11.8 Å². The largest absolute Gasteiger partial charge is 0.363 e. The van der Waals surface area contributed by atoms with Crippen molar-refractivity contribution in [2.45, 2.75) is 31.8 Å². The van der Waals surface area contributed by atoms with Gasteiger partial charge in [-0.05, 0) is 56.0 Å². The van der Waals surface area contributed by atoms with Crippen LogP contribution in [0.25, 0.3) is 0 Å². The molecule has 29 heavy (non-hydrogen) atoms. The molecule has 4 rings (SSSR count). The normalized spacial score (nSPS) is 22.6. The molecule has 2 saturated heterocycles. The average Bonchev–Trinajstić information content (AvgIpc) is 2.93. The number of nitrogens with zero attached hydrogens (tertiary/aromatic N) is 3. The summed E-state index contributed by atoms with van der Waals surface area (Å²) in [7, 11) is 0. The zero-order valence-electron chi connectivity index (χ0n) is 16.4. The third-order valence-electron chi connectivity index (χ3n) is 5.77. The number of halogens is 1. The molecule has 2 aliphatic heterocycles. The maximum absolute atomic E-state index is 13.7. The molecule has 1 atom stereocenters. The van der Waals surface area contributed by atoms with Crippen molar-refractivity contribution < 1.29 is 18.7 Å². The molecule has 0 saturated carbocycles. The highest BCUT2D eigenvalue weighted by Crippen LogP contribution is 2.33. The number of rotatable bonds is 2. The van der Waals surface area contributed by atoms with Gasteiger partial charge in [-0.15, -0.1) is 0 Å². The van der Waals surface area contributed by atoms with Crippen LogP contribution in [0.1, 0.15) is 35.3 Å². The number of anilines is 1. The standard InChI is InChI=1S/C22H24FN3O3/c1-16-5-3-10-24-20(16)21(28)25-11-4-8-22(9-12-25)15-26(19(27)14-29-22)18-7-2-6-17(23)13-18/h2-3,5-7,10,13H,4,8-9,11-12,14-15H2,1H3. The lowest BCUT2D eigenvalue weighted by Gasteiger charge is -2.42. The van der Waals surface area contributed by atoms with Gasteiger partial charge in [0.15, 0.2) is 0 Å². The lowest BCUT2D eigenvalue weighted by Crippen LogP contribution is -2.55. The fraction of sp³-hybridized carbons (Fsp3) is 0.409. The Morgan fingerprint density at radius 3 is 2.86 bits per heavy atom. The highest BCUT2D eigenvalue weighted by atomic mass is 19.1. The predicted molar refractivity (Wildman–Crippen MR) is 106 cm³/mol. The third-order valence-corrected chi connectivity index (χ3v) is 5.77. The molecule has 152 valence electrons. The number of hydrogen-bond acceptors (Lipinski definition) is 4. The molecular weight excluding hydrogens is 373 g/mol. The van der Waals surface area contributed by atoms with E-state index in [1.807, 2.05) is 24.0 Å². The van der Waals surface area contributed by atoms with Crippen molar-refractivity contribution in [2.75, 3.05) is 31.1 Å². The van der Waals surface area contributed by atoms with Crippen LogP contribution in [-0.2, 0) is 9.53 Å². The molecule has 3 heterocycles. The molecule has 0 bridgehead atoms. The van der Waals surface area contributed by atoms with Gasteiger partial charge in [-0.1, -0.05) is 12.1 Å². The SMILES string of the molecule is Cc1cccnc1C(=O)N1CCCC2(CC1)CN(c1cccc(F)c1)C(=O)CO2. The van der Waals surface area contributed by atoms with Crippen LogP contribution in [-0.4, -0.2) is 53.5 Å². The Balaban J connectivity index is 1.50. The van der Waals surface area contributed by atoms with Crippen LogP contribution in [0.15, 0.2) is 42.6 Å². The Bertz CT molecular complexity index is 935. The molecule has 1 aromatic carbocycles. The number of benzene rings is 1. The second-order valence-electron chi connectivity index (χ2n) is 7.75. The van der Waals surface area contributed by atoms with Crippen LogP contribution >= 0.6 is 0 Å². The van der Waals surface area contributed by atoms with Gasteiger partial charge in [0.1, 0.15) is 18.1 Å². The smallest absolute Gasteiger partial charge is 0.272 e. The molecule has 1 unspecified atom stereocenters. The molecule has 6 nitrogen and oxygen atoms in total. The number of aryl methyl sites for hydroxylation is 1. The highest BCUT2D eigenvalue weighted by Gasteiger charge is 2.42. The summed E-state index contributed by atoms with van der Waals surface area (Å²) in [5.41, 5.74) is 1.34. The van der Waals surface area contributed by atoms with Crippen molar-refractivity contribution in [1.29, 1.82) is 0 Å². The van der Waals surface area contributed by atoms with Crippen LogP contribution in [0.3, 0.4) is 0 Å². The van der Waals surface area contributed by atoms with Crippen LogP contribution in [0, 0.1) is 12.7 Å². The average molecular weight is 397 g/mol. The molecule has 2 fully saturated rings. The van der Waals surface area contributed by atoms with Gasteiger partial charge in [0, 0.05) is 25.0 Å². The van der Waals surface area contributed by atoms with E-state index in [4.69, 9.17) is 4.74 Å². The molecular formula is C22H24FN3O3. The molecule has 0 aliphatic carbocycles. The molecule has 2 aromatic rings. The summed E-state index contributed by atoms with van der Waals surface area (Å²) >= 11 is 0. The first-order valence-corrected chi connectivity index (χ1v) is 9.88. The number of aromatic nitrogens is 1. The van der Waals surface area contributed by atoms with E-state index < -0.39 is 5.60 Å². The topological polar surface area (TPSA) is 62.7 Å². The van der Waals surface area contributed by atoms with Crippen LogP contribution < -0.4 is 4.90 Å². The van der Waals surface area contributed by atoms with E-state index in [0.717, 1.165) is 18.4 Å². The Kier molecular flexibility index (Phi) is 5.32. The number of pyridine rings is 1. The van der Waals surface area contributed by atoms with E-state index in [2.05, 4.69) is 4.98 Å². The number of amides is 2. The van der Waals surface area contributed by atoms with E-state index in [-0.39, 0.29) is 24.2 Å². The summed E-state index contributed by atoms with van der Waals surface area (Å²) in [4.78, 5) is 33.0. The monoisotopic (exact) mass is 397 g/mol. The van der Waals surface area contributed by atoms with Gasteiger partial charge in [0.05, 0.1) is 12.1 Å². The molecule has 2 aliphatic rings. The zero-order chi connectivity index (χ0) is 20.4. The number of morpholine rings is 1. The van der Waals surface area contributed by atoms with Crippen molar-refractivity contribution >= 4 is 17.5 Å². The summed E-state index contributed by atoms with van der Waals surface area (Å²) < 4.78 is 19.7. The van der Waals surface area contributed by atoms with Crippen LogP contribution in [0.2, 0.25) is 0 Å². The van der Waals surface area contributed by atoms with Gasteiger partial charge in [-0.25, -0.2) is 4.39 Å². The van der Waals surface area contributed by atoms with E-state index in [0.29, 0.717) is 37.4 Å². The Morgan fingerprint density at radius 2 is 2.07 bits per heavy atom. The lowest BCUT2D eigenvalue weighted by atomic mass is 9.92. The molecule has 1 aromatic heterocycles. The van der Waals surface area contributed by atoms with Gasteiger partial charge >= 0.3 is 0 Å². The maximum atomic E-state index is 13.7. The first-order chi connectivity index (χ1) is 14.0. The van der Waals surface area contributed by atoms with Crippen molar-refractivity contribution in [3.63, 3.8) is 0 Å². The first-order valence-electron chi connectivity index (χ1n) is 9.88. The van der Waals surface area contributed by atoms with Crippen molar-refractivity contribution in [2.24, 2.45) is 0 Å². The van der Waals surface area contributed by atoms with Crippen molar-refractivity contribution in [1.82, 2.24) is 9.88 Å². The minimum atomic E-state index is -0.533. The number of carbonyl (C=O) groups excluding carboxylic acids is 2. The summed E-state index contributed by atoms with van der Waals surface area (Å²) in [5, 5.41) is 0. The van der Waals surface area contributed by atoms with E-state index in [1.54, 1.807) is 23.2 Å². The second kappa shape index (κ2) is 7.91. The quantitative estimate of drug-likeness (QED) is 0.782. The molecule has 1 spiro atoms. The minimum absolute atomic E-state index is 0.0379. The summed E-state index contributed by atoms with van der Waals surface area (Å²) in [6.45, 7) is 3.35. The number of likely N-dealkylation sites (tertiary alicyclic amines) is 1. The van der Waals surface area contributed by atoms with Crippen LogP contribution in [0.4, 0.5) is 10.1 Å². The van der Waals surface area contributed by atoms with E-state index in [9.17, 15) is 14.0 Å². The van der Waals surface area contributed by atoms with Gasteiger partial charge in [-0.3, -0.25) is 14.6 Å². The Labute approximate surface area is 169 Å². The number of ether oxygens (including phenoxy) is 1. The predicted octanol–water partition coefficient (Wildman–Crippen LogP) is 2.96. The zero-order valence-corrected chi connectivity index (χ0v) is 16.4. The molecule has 2 amide bonds. The number of hydrogen-bond donors (Lipinski definition) is 0. The Morgan fingerprint density at radius 1 is 1.21 bits per heavy atom.